The lowest BCUT2D eigenvalue weighted by molar-refractivity contribution is 0.388. The van der Waals surface area contributed by atoms with Crippen LogP contribution in [0.3, 0.4) is 0 Å². The topological polar surface area (TPSA) is 0 Å². The van der Waals surface area contributed by atoms with Gasteiger partial charge in [0.25, 0.3) is 0 Å². The molecule has 1 saturated carbocycles. The highest BCUT2D eigenvalue weighted by atomic mass is 14.3. The summed E-state index contributed by atoms with van der Waals surface area (Å²) in [7, 11) is 2.35. The Labute approximate surface area is 65.8 Å². The molecule has 0 aromatic carbocycles. The molecule has 0 saturated heterocycles. The van der Waals surface area contributed by atoms with Gasteiger partial charge in [0.2, 0.25) is 0 Å². The number of rotatable bonds is 3. The predicted molar refractivity (Wildman–Crippen MR) is 49.1 cm³/mol. The Balaban J connectivity index is 2.27. The molecule has 2 atom stereocenters. The van der Waals surface area contributed by atoms with Crippen LogP contribution in [0.5, 0.6) is 0 Å². The van der Waals surface area contributed by atoms with Crippen LogP contribution in [0.15, 0.2) is 0 Å². The molecule has 0 amide bonds. The maximum absolute atomic E-state index is 2.35. The minimum atomic E-state index is 1.08. The standard InChI is InChI=1S/C9H19B/c1-2-4-8-5-3-6-9(8)7-10/h8-9H,2-7,10H2,1H3. The van der Waals surface area contributed by atoms with Crippen molar-refractivity contribution < 1.29 is 0 Å². The van der Waals surface area contributed by atoms with E-state index in [2.05, 4.69) is 14.8 Å². The Bertz CT molecular complexity index is 90.7. The summed E-state index contributed by atoms with van der Waals surface area (Å²) in [6.45, 7) is 2.31. The van der Waals surface area contributed by atoms with Crippen molar-refractivity contribution in [3.05, 3.63) is 0 Å². The van der Waals surface area contributed by atoms with E-state index < -0.39 is 0 Å². The molecular formula is C9H19B. The molecule has 1 rings (SSSR count). The molecule has 0 bridgehead atoms. The molecule has 1 aliphatic carbocycles. The zero-order valence-corrected chi connectivity index (χ0v) is 7.40. The number of hydrogen-bond acceptors (Lipinski definition) is 0. The van der Waals surface area contributed by atoms with E-state index in [9.17, 15) is 0 Å². The summed E-state index contributed by atoms with van der Waals surface area (Å²) < 4.78 is 0. The first-order chi connectivity index (χ1) is 4.88. The van der Waals surface area contributed by atoms with E-state index in [0.29, 0.717) is 0 Å². The van der Waals surface area contributed by atoms with Crippen LogP contribution in [-0.2, 0) is 0 Å². The van der Waals surface area contributed by atoms with Gasteiger partial charge in [0, 0.05) is 0 Å². The highest BCUT2D eigenvalue weighted by Gasteiger charge is 2.23. The van der Waals surface area contributed by atoms with E-state index in [0.717, 1.165) is 11.8 Å². The summed E-state index contributed by atoms with van der Waals surface area (Å²) in [5.74, 6) is 2.18. The zero-order chi connectivity index (χ0) is 7.40. The van der Waals surface area contributed by atoms with Crippen molar-refractivity contribution in [2.24, 2.45) is 11.8 Å². The Morgan fingerprint density at radius 1 is 1.30 bits per heavy atom. The van der Waals surface area contributed by atoms with Crippen molar-refractivity contribution in [2.45, 2.75) is 45.3 Å². The Morgan fingerprint density at radius 3 is 2.60 bits per heavy atom. The van der Waals surface area contributed by atoms with Crippen molar-refractivity contribution >= 4 is 7.85 Å². The molecule has 0 aromatic rings. The molecule has 1 fully saturated rings. The molecule has 1 heteroatoms. The van der Waals surface area contributed by atoms with Crippen molar-refractivity contribution in [3.8, 4) is 0 Å². The third-order valence-corrected chi connectivity index (χ3v) is 3.00. The van der Waals surface area contributed by atoms with Gasteiger partial charge < -0.3 is 0 Å². The lowest BCUT2D eigenvalue weighted by Crippen LogP contribution is -2.06. The van der Waals surface area contributed by atoms with Gasteiger partial charge in [0.05, 0.1) is 0 Å². The van der Waals surface area contributed by atoms with Crippen LogP contribution in [0.4, 0.5) is 0 Å². The molecule has 0 aliphatic heterocycles. The predicted octanol–water partition coefficient (Wildman–Crippen LogP) is 2.25. The first kappa shape index (κ1) is 8.16. The Hall–Kier alpha value is 0.0649. The smallest absolute Gasteiger partial charge is 0.0780 e. The van der Waals surface area contributed by atoms with Gasteiger partial charge in [-0.05, 0) is 11.8 Å². The van der Waals surface area contributed by atoms with Crippen LogP contribution < -0.4 is 0 Å². The molecule has 0 radical (unpaired) electrons. The summed E-state index contributed by atoms with van der Waals surface area (Å²) in [5, 5.41) is 0. The zero-order valence-electron chi connectivity index (χ0n) is 7.40. The van der Waals surface area contributed by atoms with Crippen molar-refractivity contribution in [1.29, 1.82) is 0 Å². The summed E-state index contributed by atoms with van der Waals surface area (Å²) >= 11 is 0. The normalized spacial score (nSPS) is 32.9. The van der Waals surface area contributed by atoms with Gasteiger partial charge in [-0.1, -0.05) is 45.3 Å². The van der Waals surface area contributed by atoms with Gasteiger partial charge in [-0.3, -0.25) is 0 Å². The van der Waals surface area contributed by atoms with Crippen LogP contribution in [-0.4, -0.2) is 7.85 Å². The van der Waals surface area contributed by atoms with Gasteiger partial charge in [0.15, 0.2) is 0 Å². The first-order valence-corrected chi connectivity index (χ1v) is 4.88. The van der Waals surface area contributed by atoms with Gasteiger partial charge in [-0.2, -0.15) is 0 Å². The monoisotopic (exact) mass is 138 g/mol. The molecule has 58 valence electrons. The van der Waals surface area contributed by atoms with Crippen LogP contribution in [0.2, 0.25) is 6.32 Å². The van der Waals surface area contributed by atoms with E-state index in [1.54, 1.807) is 0 Å². The van der Waals surface area contributed by atoms with Gasteiger partial charge in [-0.25, -0.2) is 0 Å². The quantitative estimate of drug-likeness (QED) is 0.524. The summed E-state index contributed by atoms with van der Waals surface area (Å²) in [5.41, 5.74) is 0. The SMILES string of the molecule is BCC1CCCC1CCC. The van der Waals surface area contributed by atoms with Gasteiger partial charge >= 0.3 is 0 Å². The van der Waals surface area contributed by atoms with E-state index in [1.807, 2.05) is 0 Å². The average Bonchev–Trinajstić information content (AvgIpc) is 2.36. The fourth-order valence-electron chi connectivity index (χ4n) is 2.40. The highest BCUT2D eigenvalue weighted by Crippen LogP contribution is 2.36. The van der Waals surface area contributed by atoms with E-state index in [4.69, 9.17) is 0 Å². The molecular weight excluding hydrogens is 119 g/mol. The molecule has 0 N–H and O–H groups in total. The first-order valence-electron chi connectivity index (χ1n) is 4.88. The Morgan fingerprint density at radius 2 is 2.00 bits per heavy atom. The van der Waals surface area contributed by atoms with E-state index >= 15 is 0 Å². The molecule has 10 heavy (non-hydrogen) atoms. The highest BCUT2D eigenvalue weighted by molar-refractivity contribution is 6.08. The molecule has 0 spiro atoms. The summed E-state index contributed by atoms with van der Waals surface area (Å²) in [4.78, 5) is 0. The van der Waals surface area contributed by atoms with Crippen molar-refractivity contribution in [2.75, 3.05) is 0 Å². The second-order valence-electron chi connectivity index (χ2n) is 3.65. The fraction of sp³-hybridized carbons (Fsp3) is 1.00. The second-order valence-corrected chi connectivity index (χ2v) is 3.65. The van der Waals surface area contributed by atoms with Crippen molar-refractivity contribution in [1.82, 2.24) is 0 Å². The molecule has 0 aromatic heterocycles. The lowest BCUT2D eigenvalue weighted by Gasteiger charge is -2.16. The third-order valence-electron chi connectivity index (χ3n) is 3.00. The maximum Gasteiger partial charge on any atom is 0.101 e. The summed E-state index contributed by atoms with van der Waals surface area (Å²) in [6.07, 6.45) is 8.83. The van der Waals surface area contributed by atoms with Crippen LogP contribution in [0, 0.1) is 11.8 Å². The molecule has 2 unspecified atom stereocenters. The molecule has 1 aliphatic rings. The van der Waals surface area contributed by atoms with Gasteiger partial charge in [0.1, 0.15) is 7.85 Å². The largest absolute Gasteiger partial charge is 0.101 e. The Kier molecular flexibility index (Phi) is 3.31. The average molecular weight is 138 g/mol. The fourth-order valence-corrected chi connectivity index (χ4v) is 2.40. The van der Waals surface area contributed by atoms with Crippen LogP contribution in [0.1, 0.15) is 39.0 Å². The van der Waals surface area contributed by atoms with E-state index in [1.165, 1.54) is 38.4 Å². The third kappa shape index (κ3) is 1.77. The molecule has 0 nitrogen and oxygen atoms in total. The van der Waals surface area contributed by atoms with Crippen LogP contribution >= 0.6 is 0 Å². The second kappa shape index (κ2) is 4.05. The van der Waals surface area contributed by atoms with E-state index in [-0.39, 0.29) is 0 Å². The minimum Gasteiger partial charge on any atom is -0.0780 e. The lowest BCUT2D eigenvalue weighted by atomic mass is 9.82. The number of hydrogen-bond donors (Lipinski definition) is 0. The van der Waals surface area contributed by atoms with Crippen LogP contribution in [0.25, 0.3) is 0 Å². The van der Waals surface area contributed by atoms with Crippen molar-refractivity contribution in [3.63, 3.8) is 0 Å². The van der Waals surface area contributed by atoms with Gasteiger partial charge in [-0.15, -0.1) is 0 Å². The summed E-state index contributed by atoms with van der Waals surface area (Å²) in [6, 6.07) is 0. The maximum atomic E-state index is 2.35. The molecule has 0 heterocycles. The minimum absolute atomic E-state index is 1.08.